The van der Waals surface area contributed by atoms with E-state index in [1.54, 1.807) is 36.3 Å². The van der Waals surface area contributed by atoms with E-state index in [0.29, 0.717) is 97.6 Å². The number of anilines is 1. The molecule has 66 heavy (non-hydrogen) atoms. The van der Waals surface area contributed by atoms with Crippen LogP contribution in [0.5, 0.6) is 11.5 Å². The molecule has 0 saturated carbocycles. The van der Waals surface area contributed by atoms with Crippen LogP contribution in [0.2, 0.25) is 5.02 Å². The Labute approximate surface area is 388 Å². The molecule has 4 aromatic carbocycles. The van der Waals surface area contributed by atoms with Crippen LogP contribution < -0.4 is 14.4 Å². The first kappa shape index (κ1) is 45.8. The summed E-state index contributed by atoms with van der Waals surface area (Å²) >= 11 is 6.89. The second-order valence-corrected chi connectivity index (χ2v) is 17.8. The zero-order chi connectivity index (χ0) is 46.6. The quantitative estimate of drug-likeness (QED) is 0.106. The Balaban J connectivity index is 1.03. The highest BCUT2D eigenvalue weighted by Crippen LogP contribution is 2.39. The number of halogens is 1. The summed E-state index contributed by atoms with van der Waals surface area (Å²) in [6, 6.07) is 25.2. The van der Waals surface area contributed by atoms with Gasteiger partial charge in [-0.3, -0.25) is 29.1 Å². The number of hydrogen-bond donors (Lipinski definition) is 2. The van der Waals surface area contributed by atoms with Crippen molar-refractivity contribution in [3.63, 3.8) is 0 Å². The van der Waals surface area contributed by atoms with Crippen molar-refractivity contribution in [2.75, 3.05) is 57.8 Å². The molecule has 1 aromatic heterocycles. The van der Waals surface area contributed by atoms with Crippen molar-refractivity contribution in [2.45, 2.75) is 46.4 Å². The highest BCUT2D eigenvalue weighted by atomic mass is 35.5. The SMILES string of the molecule is Cc1c(COc2cc(OCc3cncc(C#N)c3)c(CN3CC[C@@H](C(=O)O)C3)cc2Cl)cccc1-c1cccc(-c2ccc3c(c2)C(=O)N(C)CC(=O)N3CCN2CC[C@H](C(=O)O)C2)c1C. The number of nitrogens with zero attached hydrogens (tertiary/aromatic N) is 6. The number of nitriles is 1. The molecule has 4 heterocycles. The van der Waals surface area contributed by atoms with Crippen molar-refractivity contribution in [1.82, 2.24) is 19.7 Å². The molecular formula is C51H51ClN6O8. The van der Waals surface area contributed by atoms with Gasteiger partial charge in [-0.15, -0.1) is 0 Å². The van der Waals surface area contributed by atoms with Gasteiger partial charge in [0.1, 0.15) is 37.3 Å². The van der Waals surface area contributed by atoms with Crippen LogP contribution in [0.4, 0.5) is 5.69 Å². The Bertz CT molecular complexity index is 2760. The molecule has 2 atom stereocenters. The monoisotopic (exact) mass is 910 g/mol. The molecule has 2 N–H and O–H groups in total. The lowest BCUT2D eigenvalue weighted by Gasteiger charge is -2.25. The van der Waals surface area contributed by atoms with Gasteiger partial charge in [-0.1, -0.05) is 54.1 Å². The summed E-state index contributed by atoms with van der Waals surface area (Å²) in [5.41, 5.74) is 9.62. The Morgan fingerprint density at radius 3 is 2.20 bits per heavy atom. The molecule has 2 amide bonds. The number of likely N-dealkylation sites (tertiary alicyclic amines) is 2. The molecule has 0 unspecified atom stereocenters. The van der Waals surface area contributed by atoms with Crippen LogP contribution in [-0.4, -0.2) is 107 Å². The fourth-order valence-electron chi connectivity index (χ4n) is 9.21. The summed E-state index contributed by atoms with van der Waals surface area (Å²) in [5, 5.41) is 28.8. The number of rotatable bonds is 15. The number of carboxylic acids is 2. The van der Waals surface area contributed by atoms with Crippen molar-refractivity contribution >= 4 is 41.0 Å². The lowest BCUT2D eigenvalue weighted by atomic mass is 9.89. The van der Waals surface area contributed by atoms with E-state index in [-0.39, 0.29) is 31.6 Å². The number of fused-ring (bicyclic) bond motifs is 1. The van der Waals surface area contributed by atoms with E-state index in [4.69, 9.17) is 21.1 Å². The standard InChI is InChI=1S/C51H51ClN6O8/c1-31-38(30-66-47-21-46(65-29-34-18-33(22-53)23-54-24-34)39(20-44(47)52)27-57-15-13-37(26-57)51(63)64)6-4-8-41(31)42-9-5-7-40(32(42)2)35-10-11-45-43(19-35)49(60)55(3)28-48(59)58(45)17-16-56-14-12-36(25-56)50(61)62/h4-11,18-21,23-24,36-37H,12-17,25-30H2,1-3H3,(H,61,62)(H,63,64)/t36-,37+/m0/s1. The summed E-state index contributed by atoms with van der Waals surface area (Å²) in [7, 11) is 1.63. The van der Waals surface area contributed by atoms with Crippen LogP contribution in [0.3, 0.4) is 0 Å². The summed E-state index contributed by atoms with van der Waals surface area (Å²) in [4.78, 5) is 61.9. The van der Waals surface area contributed by atoms with Gasteiger partial charge in [0.05, 0.1) is 33.7 Å². The van der Waals surface area contributed by atoms with Crippen molar-refractivity contribution in [1.29, 1.82) is 5.26 Å². The third kappa shape index (κ3) is 9.89. The predicted molar refractivity (Wildman–Crippen MR) is 248 cm³/mol. The van der Waals surface area contributed by atoms with Gasteiger partial charge in [-0.05, 0) is 103 Å². The molecule has 3 aliphatic rings. The number of hydrogen-bond acceptors (Lipinski definition) is 10. The lowest BCUT2D eigenvalue weighted by molar-refractivity contribution is -0.142. The molecule has 3 aliphatic heterocycles. The second kappa shape index (κ2) is 19.8. The first-order chi connectivity index (χ1) is 31.8. The summed E-state index contributed by atoms with van der Waals surface area (Å²) < 4.78 is 12.8. The molecule has 5 aromatic rings. The fraction of sp³-hybridized carbons (Fsp3) is 0.333. The Morgan fingerprint density at radius 1 is 0.788 bits per heavy atom. The molecule has 340 valence electrons. The highest BCUT2D eigenvalue weighted by molar-refractivity contribution is 6.32. The average Bonchev–Trinajstić information content (AvgIpc) is 3.98. The topological polar surface area (TPSA) is 177 Å². The first-order valence-electron chi connectivity index (χ1n) is 22.0. The lowest BCUT2D eigenvalue weighted by Crippen LogP contribution is -2.41. The third-order valence-electron chi connectivity index (χ3n) is 13.0. The number of aromatic nitrogens is 1. The largest absolute Gasteiger partial charge is 0.488 e. The maximum absolute atomic E-state index is 13.8. The van der Waals surface area contributed by atoms with E-state index in [1.807, 2.05) is 42.5 Å². The maximum atomic E-state index is 13.8. The van der Waals surface area contributed by atoms with Gasteiger partial charge in [0.2, 0.25) is 5.91 Å². The molecule has 2 saturated heterocycles. The van der Waals surface area contributed by atoms with E-state index in [2.05, 4.69) is 46.8 Å². The number of carbonyl (C=O) groups excluding carboxylic acids is 2. The minimum atomic E-state index is -0.809. The number of benzene rings is 4. The fourth-order valence-corrected chi connectivity index (χ4v) is 9.45. The molecular weight excluding hydrogens is 860 g/mol. The van der Waals surface area contributed by atoms with E-state index < -0.39 is 23.8 Å². The maximum Gasteiger partial charge on any atom is 0.307 e. The van der Waals surface area contributed by atoms with Crippen LogP contribution in [0.15, 0.2) is 85.2 Å². The van der Waals surface area contributed by atoms with Gasteiger partial charge in [-0.25, -0.2) is 0 Å². The van der Waals surface area contributed by atoms with E-state index in [0.717, 1.165) is 44.5 Å². The Hall–Kier alpha value is -6.79. The molecule has 15 heteroatoms. The van der Waals surface area contributed by atoms with Crippen molar-refractivity contribution in [3.05, 3.63) is 129 Å². The second-order valence-electron chi connectivity index (χ2n) is 17.4. The van der Waals surface area contributed by atoms with Crippen LogP contribution in [0.25, 0.3) is 22.3 Å². The third-order valence-corrected chi connectivity index (χ3v) is 13.3. The minimum Gasteiger partial charge on any atom is -0.488 e. The van der Waals surface area contributed by atoms with E-state index in [9.17, 15) is 34.7 Å². The molecule has 8 rings (SSSR count). The Kier molecular flexibility index (Phi) is 13.7. The number of pyridine rings is 1. The molecule has 0 aliphatic carbocycles. The van der Waals surface area contributed by atoms with Gasteiger partial charge < -0.3 is 34.4 Å². The zero-order valence-corrected chi connectivity index (χ0v) is 37.9. The van der Waals surface area contributed by atoms with Gasteiger partial charge in [0, 0.05) is 69.4 Å². The van der Waals surface area contributed by atoms with Crippen molar-refractivity contribution < 1.29 is 38.9 Å². The number of ether oxygens (including phenoxy) is 2. The molecule has 2 fully saturated rings. The first-order valence-corrected chi connectivity index (χ1v) is 22.4. The Morgan fingerprint density at radius 2 is 1.47 bits per heavy atom. The molecule has 14 nitrogen and oxygen atoms in total. The zero-order valence-electron chi connectivity index (χ0n) is 37.1. The van der Waals surface area contributed by atoms with Crippen molar-refractivity contribution in [2.24, 2.45) is 11.8 Å². The van der Waals surface area contributed by atoms with E-state index in [1.165, 1.54) is 11.1 Å². The summed E-state index contributed by atoms with van der Waals surface area (Å²) in [6.45, 7) is 7.79. The molecule has 0 radical (unpaired) electrons. The molecule has 0 bridgehead atoms. The normalized spacial score (nSPS) is 17.7. The predicted octanol–water partition coefficient (Wildman–Crippen LogP) is 7.45. The number of aliphatic carboxylic acids is 2. The average molecular weight is 911 g/mol. The van der Waals surface area contributed by atoms with Crippen molar-refractivity contribution in [3.8, 4) is 39.8 Å². The van der Waals surface area contributed by atoms with Gasteiger partial charge >= 0.3 is 11.9 Å². The minimum absolute atomic E-state index is 0.0622. The molecule has 0 spiro atoms. The van der Waals surface area contributed by atoms with Crippen LogP contribution in [-0.2, 0) is 34.1 Å². The van der Waals surface area contributed by atoms with Gasteiger partial charge in [-0.2, -0.15) is 5.26 Å². The number of likely N-dealkylation sites (N-methyl/N-ethyl adjacent to an activating group) is 1. The summed E-state index contributed by atoms with van der Waals surface area (Å²) in [6.07, 6.45) is 4.26. The van der Waals surface area contributed by atoms with Gasteiger partial charge in [0.15, 0.2) is 0 Å². The number of carbonyl (C=O) groups is 4. The summed E-state index contributed by atoms with van der Waals surface area (Å²) in [5.74, 6) is -1.97. The van der Waals surface area contributed by atoms with Gasteiger partial charge in [0.25, 0.3) is 5.91 Å². The number of amides is 2. The number of carboxylic acid groups (broad SMARTS) is 2. The van der Waals surface area contributed by atoms with E-state index >= 15 is 0 Å². The van der Waals surface area contributed by atoms with Crippen LogP contribution in [0, 0.1) is 37.0 Å². The highest BCUT2D eigenvalue weighted by Gasteiger charge is 2.33. The van der Waals surface area contributed by atoms with Crippen LogP contribution >= 0.6 is 11.6 Å². The van der Waals surface area contributed by atoms with Crippen LogP contribution in [0.1, 0.15) is 56.6 Å². The smallest absolute Gasteiger partial charge is 0.307 e.